The summed E-state index contributed by atoms with van der Waals surface area (Å²) in [6.45, 7) is 0. The summed E-state index contributed by atoms with van der Waals surface area (Å²) in [6, 6.07) is 0. The molecule has 3 saturated heterocycles. The maximum absolute atomic E-state index is 11.5. The van der Waals surface area contributed by atoms with Crippen molar-refractivity contribution in [1.82, 2.24) is 5.32 Å². The van der Waals surface area contributed by atoms with E-state index in [0.29, 0.717) is 0 Å². The van der Waals surface area contributed by atoms with Gasteiger partial charge < -0.3 is 14.6 Å². The molecular formula is C9H11NO5. The van der Waals surface area contributed by atoms with Gasteiger partial charge in [0.2, 0.25) is 11.8 Å². The van der Waals surface area contributed by atoms with Gasteiger partial charge in [0, 0.05) is 7.11 Å². The summed E-state index contributed by atoms with van der Waals surface area (Å²) in [5.41, 5.74) is 0. The fourth-order valence-corrected chi connectivity index (χ4v) is 2.90. The number of hydrogen-bond donors (Lipinski definition) is 2. The van der Waals surface area contributed by atoms with Gasteiger partial charge in [-0.3, -0.25) is 14.9 Å². The lowest BCUT2D eigenvalue weighted by atomic mass is 9.78. The zero-order valence-electron chi connectivity index (χ0n) is 8.04. The number of aliphatic hydroxyl groups excluding tert-OH is 1. The third-order valence-corrected chi connectivity index (χ3v) is 3.53. The fourth-order valence-electron chi connectivity index (χ4n) is 2.90. The Morgan fingerprint density at radius 2 is 1.87 bits per heavy atom. The number of methoxy groups -OCH3 is 1. The number of carbonyl (C=O) groups is 2. The predicted octanol–water partition coefficient (Wildman–Crippen LogP) is -1.97. The second-order valence-corrected chi connectivity index (χ2v) is 4.16. The maximum Gasteiger partial charge on any atom is 0.233 e. The van der Waals surface area contributed by atoms with Gasteiger partial charge in [0.05, 0.1) is 24.0 Å². The van der Waals surface area contributed by atoms with Crippen LogP contribution in [0.5, 0.6) is 0 Å². The van der Waals surface area contributed by atoms with Gasteiger partial charge in [0.15, 0.2) is 0 Å². The Morgan fingerprint density at radius 3 is 2.47 bits per heavy atom. The summed E-state index contributed by atoms with van der Waals surface area (Å²) in [4.78, 5) is 22.9. The van der Waals surface area contributed by atoms with E-state index in [0.717, 1.165) is 0 Å². The Kier molecular flexibility index (Phi) is 1.72. The molecule has 6 atom stereocenters. The summed E-state index contributed by atoms with van der Waals surface area (Å²) < 4.78 is 10.5. The predicted molar refractivity (Wildman–Crippen MR) is 45.6 cm³/mol. The second kappa shape index (κ2) is 2.78. The van der Waals surface area contributed by atoms with Crippen molar-refractivity contribution in [2.45, 2.75) is 24.4 Å². The van der Waals surface area contributed by atoms with Gasteiger partial charge in [-0.1, -0.05) is 0 Å². The zero-order chi connectivity index (χ0) is 10.7. The largest absolute Gasteiger partial charge is 0.388 e. The molecule has 6 heteroatoms. The topological polar surface area (TPSA) is 84.9 Å². The molecule has 3 heterocycles. The third-order valence-electron chi connectivity index (χ3n) is 3.53. The minimum Gasteiger partial charge on any atom is -0.388 e. The van der Waals surface area contributed by atoms with E-state index in [4.69, 9.17) is 9.47 Å². The van der Waals surface area contributed by atoms with E-state index >= 15 is 0 Å². The van der Waals surface area contributed by atoms with E-state index < -0.39 is 36.3 Å². The number of carbonyl (C=O) groups excluding carboxylic acids is 2. The maximum atomic E-state index is 11.5. The standard InChI is InChI=1S/C9H11NO5/c1-14-7-4(11)5-2-3(6(7)15-5)9(13)10-8(2)12/h2-7,11H,1H3,(H,10,12,13). The van der Waals surface area contributed by atoms with Crippen LogP contribution in [0.2, 0.25) is 0 Å². The van der Waals surface area contributed by atoms with Crippen LogP contribution < -0.4 is 5.32 Å². The van der Waals surface area contributed by atoms with E-state index in [1.54, 1.807) is 0 Å². The lowest BCUT2D eigenvalue weighted by Gasteiger charge is -2.28. The van der Waals surface area contributed by atoms with Crippen molar-refractivity contribution >= 4 is 11.8 Å². The van der Waals surface area contributed by atoms with Crippen LogP contribution in [0.25, 0.3) is 0 Å². The number of hydrogen-bond acceptors (Lipinski definition) is 5. The molecule has 0 spiro atoms. The lowest BCUT2D eigenvalue weighted by molar-refractivity contribution is -0.129. The Hall–Kier alpha value is -0.980. The molecule has 0 aromatic carbocycles. The molecule has 3 aliphatic heterocycles. The number of fused-ring (bicyclic) bond motifs is 5. The van der Waals surface area contributed by atoms with Crippen LogP contribution in [0.3, 0.4) is 0 Å². The van der Waals surface area contributed by atoms with Gasteiger partial charge in [0.1, 0.15) is 12.2 Å². The number of amides is 2. The first-order valence-corrected chi connectivity index (χ1v) is 4.86. The molecule has 6 nitrogen and oxygen atoms in total. The summed E-state index contributed by atoms with van der Waals surface area (Å²) in [5, 5.41) is 12.0. The van der Waals surface area contributed by atoms with E-state index in [1.165, 1.54) is 7.11 Å². The summed E-state index contributed by atoms with van der Waals surface area (Å²) in [7, 11) is 1.46. The average Bonchev–Trinajstić information content (AvgIpc) is 2.78. The summed E-state index contributed by atoms with van der Waals surface area (Å²) >= 11 is 0. The first-order valence-electron chi connectivity index (χ1n) is 4.86. The van der Waals surface area contributed by atoms with Crippen LogP contribution in [-0.4, -0.2) is 48.4 Å². The molecule has 3 aliphatic rings. The molecule has 3 rings (SSSR count). The van der Waals surface area contributed by atoms with Gasteiger partial charge in [-0.15, -0.1) is 0 Å². The van der Waals surface area contributed by atoms with Crippen molar-refractivity contribution in [2.24, 2.45) is 11.8 Å². The normalized spacial score (nSPS) is 52.1. The summed E-state index contributed by atoms with van der Waals surface area (Å²) in [5.74, 6) is -1.68. The number of rotatable bonds is 1. The summed E-state index contributed by atoms with van der Waals surface area (Å²) in [6.07, 6.45) is -2.42. The monoisotopic (exact) mass is 213 g/mol. The molecular weight excluding hydrogens is 202 g/mol. The highest BCUT2D eigenvalue weighted by Crippen LogP contribution is 2.47. The smallest absolute Gasteiger partial charge is 0.233 e. The van der Waals surface area contributed by atoms with Crippen molar-refractivity contribution in [3.63, 3.8) is 0 Å². The van der Waals surface area contributed by atoms with Crippen LogP contribution in [-0.2, 0) is 19.1 Å². The van der Waals surface area contributed by atoms with E-state index in [1.807, 2.05) is 0 Å². The second-order valence-electron chi connectivity index (χ2n) is 4.16. The lowest BCUT2D eigenvalue weighted by Crippen LogP contribution is -2.48. The molecule has 2 amide bonds. The first kappa shape index (κ1) is 9.26. The van der Waals surface area contributed by atoms with Gasteiger partial charge in [0.25, 0.3) is 0 Å². The molecule has 6 unspecified atom stereocenters. The van der Waals surface area contributed by atoms with Crippen LogP contribution in [0, 0.1) is 11.8 Å². The van der Waals surface area contributed by atoms with Crippen LogP contribution in [0.15, 0.2) is 0 Å². The molecule has 3 fully saturated rings. The van der Waals surface area contributed by atoms with E-state index in [9.17, 15) is 14.7 Å². The van der Waals surface area contributed by atoms with Gasteiger partial charge in [-0.05, 0) is 0 Å². The van der Waals surface area contributed by atoms with E-state index in [-0.39, 0.29) is 11.8 Å². The Morgan fingerprint density at radius 1 is 1.27 bits per heavy atom. The highest BCUT2D eigenvalue weighted by atomic mass is 16.6. The van der Waals surface area contributed by atoms with Crippen molar-refractivity contribution in [1.29, 1.82) is 0 Å². The molecule has 0 aromatic rings. The average molecular weight is 213 g/mol. The minimum absolute atomic E-state index is 0.313. The van der Waals surface area contributed by atoms with E-state index in [2.05, 4.69) is 5.32 Å². The van der Waals surface area contributed by atoms with Crippen molar-refractivity contribution < 1.29 is 24.2 Å². The quantitative estimate of drug-likeness (QED) is 0.494. The molecule has 0 saturated carbocycles. The number of imide groups is 1. The molecule has 0 aromatic heterocycles. The van der Waals surface area contributed by atoms with Crippen molar-refractivity contribution in [2.75, 3.05) is 7.11 Å². The van der Waals surface area contributed by atoms with Crippen molar-refractivity contribution in [3.8, 4) is 0 Å². The van der Waals surface area contributed by atoms with Crippen LogP contribution >= 0.6 is 0 Å². The molecule has 2 bridgehead atoms. The highest BCUT2D eigenvalue weighted by molar-refractivity contribution is 6.06. The Labute approximate surface area is 85.5 Å². The molecule has 2 N–H and O–H groups in total. The van der Waals surface area contributed by atoms with Gasteiger partial charge in [-0.25, -0.2) is 0 Å². The van der Waals surface area contributed by atoms with Crippen LogP contribution in [0.4, 0.5) is 0 Å². The SMILES string of the molecule is COC1C(O)C2OC1C1C(=O)NC(=O)C21. The molecule has 82 valence electrons. The Balaban J connectivity index is 1.97. The van der Waals surface area contributed by atoms with Gasteiger partial charge in [-0.2, -0.15) is 0 Å². The zero-order valence-corrected chi connectivity index (χ0v) is 8.04. The van der Waals surface area contributed by atoms with Gasteiger partial charge >= 0.3 is 0 Å². The Bertz CT molecular complexity index is 343. The number of ether oxygens (including phenoxy) is 2. The molecule has 15 heavy (non-hydrogen) atoms. The highest BCUT2D eigenvalue weighted by Gasteiger charge is 2.67. The number of aliphatic hydroxyl groups is 1. The fraction of sp³-hybridized carbons (Fsp3) is 0.778. The van der Waals surface area contributed by atoms with Crippen LogP contribution in [0.1, 0.15) is 0 Å². The number of nitrogens with one attached hydrogen (secondary N) is 1. The molecule has 0 aliphatic carbocycles. The van der Waals surface area contributed by atoms with Crippen molar-refractivity contribution in [3.05, 3.63) is 0 Å². The third kappa shape index (κ3) is 0.940. The first-order chi connectivity index (χ1) is 7.15. The molecule has 0 radical (unpaired) electrons. The minimum atomic E-state index is -0.821.